The highest BCUT2D eigenvalue weighted by atomic mass is 16.2. The molecule has 0 aromatic rings. The number of carbonyl (C=O) groups excluding carboxylic acids is 1. The smallest absolute Gasteiger partial charge is 0.240 e. The molecule has 0 radical (unpaired) electrons. The zero-order valence-corrected chi connectivity index (χ0v) is 8.88. The van der Waals surface area contributed by atoms with Crippen molar-refractivity contribution in [3.63, 3.8) is 0 Å². The monoisotopic (exact) mass is 199 g/mol. The summed E-state index contributed by atoms with van der Waals surface area (Å²) in [5, 5.41) is 2.86. The molecule has 1 atom stereocenters. The van der Waals surface area contributed by atoms with Gasteiger partial charge in [-0.1, -0.05) is 0 Å². The van der Waals surface area contributed by atoms with E-state index in [1.807, 2.05) is 6.92 Å². The molecular formula is C10H21N3O. The van der Waals surface area contributed by atoms with E-state index in [4.69, 9.17) is 11.5 Å². The third-order valence-corrected chi connectivity index (χ3v) is 2.83. The van der Waals surface area contributed by atoms with Gasteiger partial charge in [0.2, 0.25) is 5.91 Å². The van der Waals surface area contributed by atoms with Gasteiger partial charge in [-0.2, -0.15) is 0 Å². The van der Waals surface area contributed by atoms with Crippen LogP contribution in [0.15, 0.2) is 0 Å². The molecule has 0 aromatic carbocycles. The number of unbranched alkanes of at least 4 members (excludes halogenated alkanes) is 1. The molecule has 0 heterocycles. The van der Waals surface area contributed by atoms with E-state index in [1.54, 1.807) is 0 Å². The van der Waals surface area contributed by atoms with Crippen LogP contribution in [0.25, 0.3) is 0 Å². The molecule has 0 saturated heterocycles. The van der Waals surface area contributed by atoms with Gasteiger partial charge in [-0.05, 0) is 45.1 Å². The second kappa shape index (κ2) is 4.75. The Bertz CT molecular complexity index is 200. The normalized spacial score (nSPS) is 20.2. The van der Waals surface area contributed by atoms with E-state index in [1.165, 1.54) is 0 Å². The minimum Gasteiger partial charge on any atom is -0.355 e. The van der Waals surface area contributed by atoms with Crippen LogP contribution in [0, 0.1) is 5.92 Å². The zero-order valence-electron chi connectivity index (χ0n) is 8.88. The van der Waals surface area contributed by atoms with Gasteiger partial charge in [-0.25, -0.2) is 0 Å². The molecule has 4 nitrogen and oxygen atoms in total. The number of amides is 1. The van der Waals surface area contributed by atoms with Gasteiger partial charge in [0.15, 0.2) is 0 Å². The molecule has 0 aromatic heterocycles. The fraction of sp³-hybridized carbons (Fsp3) is 0.900. The van der Waals surface area contributed by atoms with E-state index >= 15 is 0 Å². The largest absolute Gasteiger partial charge is 0.355 e. The fourth-order valence-electron chi connectivity index (χ4n) is 1.53. The summed E-state index contributed by atoms with van der Waals surface area (Å²) in [5.74, 6) is 0.369. The van der Waals surface area contributed by atoms with Crippen molar-refractivity contribution in [1.82, 2.24) is 5.32 Å². The lowest BCUT2D eigenvalue weighted by molar-refractivity contribution is -0.126. The molecular weight excluding hydrogens is 178 g/mol. The van der Waals surface area contributed by atoms with Crippen molar-refractivity contribution in [3.05, 3.63) is 0 Å². The molecule has 1 fully saturated rings. The summed E-state index contributed by atoms with van der Waals surface area (Å²) in [5.41, 5.74) is 10.6. The van der Waals surface area contributed by atoms with E-state index in [0.29, 0.717) is 19.0 Å². The van der Waals surface area contributed by atoms with Crippen molar-refractivity contribution < 1.29 is 4.79 Å². The molecule has 4 heteroatoms. The molecule has 1 aliphatic rings. The van der Waals surface area contributed by atoms with Gasteiger partial charge < -0.3 is 16.8 Å². The van der Waals surface area contributed by atoms with Crippen LogP contribution in [0.4, 0.5) is 0 Å². The number of nitrogens with two attached hydrogens (primary N) is 2. The number of nitrogens with one attached hydrogen (secondary N) is 1. The summed E-state index contributed by atoms with van der Waals surface area (Å²) < 4.78 is 0. The van der Waals surface area contributed by atoms with Crippen molar-refractivity contribution in [2.45, 2.75) is 38.1 Å². The summed E-state index contributed by atoms with van der Waals surface area (Å²) in [6.07, 6.45) is 4.06. The minimum absolute atomic E-state index is 0.0166. The highest BCUT2D eigenvalue weighted by Gasteiger charge is 2.43. The number of carbonyl (C=O) groups is 1. The van der Waals surface area contributed by atoms with Crippen LogP contribution in [0.1, 0.15) is 32.6 Å². The first kappa shape index (κ1) is 11.5. The van der Waals surface area contributed by atoms with Gasteiger partial charge in [-0.3, -0.25) is 4.79 Å². The minimum atomic E-state index is -0.664. The standard InChI is InChI=1S/C10H21N3O/c1-10(12,8-4-5-8)9(14)13-7-3-2-6-11/h8H,2-7,11-12H2,1H3,(H,13,14). The van der Waals surface area contributed by atoms with Crippen molar-refractivity contribution in [3.8, 4) is 0 Å². The molecule has 0 bridgehead atoms. The van der Waals surface area contributed by atoms with E-state index in [0.717, 1.165) is 25.7 Å². The number of hydrogen-bond acceptors (Lipinski definition) is 3. The molecule has 1 amide bonds. The Labute approximate surface area is 85.4 Å². The summed E-state index contributed by atoms with van der Waals surface area (Å²) in [7, 11) is 0. The van der Waals surface area contributed by atoms with Crippen LogP contribution in [-0.4, -0.2) is 24.5 Å². The molecule has 14 heavy (non-hydrogen) atoms. The molecule has 1 rings (SSSR count). The quantitative estimate of drug-likeness (QED) is 0.525. The predicted molar refractivity (Wildman–Crippen MR) is 56.6 cm³/mol. The number of rotatable bonds is 6. The van der Waals surface area contributed by atoms with Crippen molar-refractivity contribution in [2.75, 3.05) is 13.1 Å². The van der Waals surface area contributed by atoms with Gasteiger partial charge in [0, 0.05) is 6.54 Å². The first-order valence-corrected chi connectivity index (χ1v) is 5.36. The SMILES string of the molecule is CC(N)(C(=O)NCCCCN)C1CC1. The summed E-state index contributed by atoms with van der Waals surface area (Å²) in [6, 6.07) is 0. The third-order valence-electron chi connectivity index (χ3n) is 2.83. The first-order valence-electron chi connectivity index (χ1n) is 5.36. The van der Waals surface area contributed by atoms with Crippen LogP contribution < -0.4 is 16.8 Å². The third kappa shape index (κ3) is 2.96. The van der Waals surface area contributed by atoms with Crippen LogP contribution in [0.2, 0.25) is 0 Å². The molecule has 82 valence electrons. The molecule has 0 aliphatic heterocycles. The Morgan fingerprint density at radius 2 is 2.14 bits per heavy atom. The fourth-order valence-corrected chi connectivity index (χ4v) is 1.53. The van der Waals surface area contributed by atoms with Crippen molar-refractivity contribution >= 4 is 5.91 Å². The van der Waals surface area contributed by atoms with E-state index in [2.05, 4.69) is 5.32 Å². The van der Waals surface area contributed by atoms with Crippen LogP contribution >= 0.6 is 0 Å². The Morgan fingerprint density at radius 1 is 1.50 bits per heavy atom. The molecule has 1 saturated carbocycles. The molecule has 1 unspecified atom stereocenters. The van der Waals surface area contributed by atoms with E-state index in [9.17, 15) is 4.79 Å². The van der Waals surface area contributed by atoms with Gasteiger partial charge in [0.25, 0.3) is 0 Å². The second-order valence-corrected chi connectivity index (χ2v) is 4.31. The Morgan fingerprint density at radius 3 is 2.64 bits per heavy atom. The lowest BCUT2D eigenvalue weighted by Crippen LogP contribution is -2.53. The van der Waals surface area contributed by atoms with Crippen molar-refractivity contribution in [1.29, 1.82) is 0 Å². The molecule has 0 spiro atoms. The maximum absolute atomic E-state index is 11.6. The Hall–Kier alpha value is -0.610. The molecule has 5 N–H and O–H groups in total. The van der Waals surface area contributed by atoms with E-state index < -0.39 is 5.54 Å². The maximum Gasteiger partial charge on any atom is 0.240 e. The lowest BCUT2D eigenvalue weighted by Gasteiger charge is -2.23. The summed E-state index contributed by atoms with van der Waals surface area (Å²) in [6.45, 7) is 3.19. The highest BCUT2D eigenvalue weighted by molar-refractivity contribution is 5.86. The molecule has 1 aliphatic carbocycles. The van der Waals surface area contributed by atoms with Crippen LogP contribution in [-0.2, 0) is 4.79 Å². The average molecular weight is 199 g/mol. The van der Waals surface area contributed by atoms with Gasteiger partial charge in [0.05, 0.1) is 5.54 Å². The highest BCUT2D eigenvalue weighted by Crippen LogP contribution is 2.37. The second-order valence-electron chi connectivity index (χ2n) is 4.31. The van der Waals surface area contributed by atoms with E-state index in [-0.39, 0.29) is 5.91 Å². The van der Waals surface area contributed by atoms with Crippen LogP contribution in [0.3, 0.4) is 0 Å². The predicted octanol–water partition coefficient (Wildman–Crippen LogP) is -0.0311. The first-order chi connectivity index (χ1) is 6.59. The number of hydrogen-bond donors (Lipinski definition) is 3. The lowest BCUT2D eigenvalue weighted by atomic mass is 9.96. The van der Waals surface area contributed by atoms with Gasteiger partial charge in [-0.15, -0.1) is 0 Å². The summed E-state index contributed by atoms with van der Waals surface area (Å²) >= 11 is 0. The zero-order chi connectivity index (χ0) is 10.6. The summed E-state index contributed by atoms with van der Waals surface area (Å²) in [4.78, 5) is 11.6. The Kier molecular flexibility index (Phi) is 3.89. The van der Waals surface area contributed by atoms with Gasteiger partial charge >= 0.3 is 0 Å². The average Bonchev–Trinajstić information content (AvgIpc) is 2.94. The Balaban J connectivity index is 2.20. The maximum atomic E-state index is 11.6. The van der Waals surface area contributed by atoms with Crippen molar-refractivity contribution in [2.24, 2.45) is 17.4 Å². The van der Waals surface area contributed by atoms with Gasteiger partial charge in [0.1, 0.15) is 0 Å². The van der Waals surface area contributed by atoms with Crippen LogP contribution in [0.5, 0.6) is 0 Å². The topological polar surface area (TPSA) is 81.1 Å².